The second-order valence-electron chi connectivity index (χ2n) is 4.96. The van der Waals surface area contributed by atoms with Gasteiger partial charge in [-0.25, -0.2) is 4.98 Å². The topological polar surface area (TPSA) is 45.2 Å². The van der Waals surface area contributed by atoms with Crippen molar-refractivity contribution in [1.82, 2.24) is 4.98 Å². The first kappa shape index (κ1) is 14.4. The molecule has 110 valence electrons. The number of hydrogen-bond acceptors (Lipinski definition) is 4. The van der Waals surface area contributed by atoms with E-state index in [1.165, 1.54) is 0 Å². The van der Waals surface area contributed by atoms with Crippen molar-refractivity contribution in [2.75, 3.05) is 23.3 Å². The fourth-order valence-electron chi connectivity index (χ4n) is 2.45. The molecule has 21 heavy (non-hydrogen) atoms. The molecule has 4 nitrogen and oxygen atoms in total. The van der Waals surface area contributed by atoms with E-state index < -0.39 is 0 Å². The van der Waals surface area contributed by atoms with E-state index in [0.29, 0.717) is 12.4 Å². The number of aromatic nitrogens is 1. The number of aryl methyl sites for hydroxylation is 1. The number of para-hydroxylation sites is 2. The normalized spacial score (nSPS) is 14.0. The second-order valence-corrected chi connectivity index (χ2v) is 6.17. The summed E-state index contributed by atoms with van der Waals surface area (Å²) in [4.78, 5) is 18.3. The van der Waals surface area contributed by atoms with Crippen LogP contribution in [-0.4, -0.2) is 24.0 Å². The van der Waals surface area contributed by atoms with E-state index >= 15 is 0 Å². The van der Waals surface area contributed by atoms with Gasteiger partial charge in [0.2, 0.25) is 5.91 Å². The summed E-state index contributed by atoms with van der Waals surface area (Å²) < 4.78 is 0. The van der Waals surface area contributed by atoms with Crippen molar-refractivity contribution in [1.29, 1.82) is 0 Å². The smallest absolute Gasteiger partial charge is 0.243 e. The van der Waals surface area contributed by atoms with Gasteiger partial charge < -0.3 is 10.2 Å². The molecule has 0 saturated heterocycles. The zero-order valence-corrected chi connectivity index (χ0v) is 13.1. The predicted molar refractivity (Wildman–Crippen MR) is 87.3 cm³/mol. The highest BCUT2D eigenvalue weighted by Crippen LogP contribution is 2.29. The van der Waals surface area contributed by atoms with E-state index in [1.807, 2.05) is 29.6 Å². The number of benzene rings is 1. The molecular weight excluding hydrogens is 306 g/mol. The number of anilines is 2. The van der Waals surface area contributed by atoms with E-state index in [9.17, 15) is 4.79 Å². The lowest BCUT2D eigenvalue weighted by atomic mass is 10.1. The van der Waals surface area contributed by atoms with E-state index in [4.69, 9.17) is 11.6 Å². The Bertz CT molecular complexity index is 643. The van der Waals surface area contributed by atoms with Gasteiger partial charge in [-0.1, -0.05) is 12.1 Å². The summed E-state index contributed by atoms with van der Waals surface area (Å²) in [6.45, 7) is 1.27. The number of alkyl halides is 1. The zero-order chi connectivity index (χ0) is 14.7. The van der Waals surface area contributed by atoms with Gasteiger partial charge in [0, 0.05) is 18.3 Å². The Balaban J connectivity index is 1.61. The number of thiazole rings is 1. The van der Waals surface area contributed by atoms with Crippen LogP contribution in [0.1, 0.15) is 17.1 Å². The molecule has 2 heterocycles. The maximum Gasteiger partial charge on any atom is 0.243 e. The summed E-state index contributed by atoms with van der Waals surface area (Å²) in [5.74, 6) is 0.517. The minimum atomic E-state index is 0.0485. The van der Waals surface area contributed by atoms with Crippen LogP contribution < -0.4 is 10.2 Å². The average molecular weight is 322 g/mol. The summed E-state index contributed by atoms with van der Waals surface area (Å²) >= 11 is 7.41. The molecule has 1 amide bonds. The largest absolute Gasteiger partial charge is 0.361 e. The van der Waals surface area contributed by atoms with E-state index in [2.05, 4.69) is 15.2 Å². The van der Waals surface area contributed by atoms with Crippen LogP contribution in [0.5, 0.6) is 0 Å². The third-order valence-electron chi connectivity index (χ3n) is 3.41. The molecule has 1 aliphatic heterocycles. The van der Waals surface area contributed by atoms with Crippen LogP contribution in [0.25, 0.3) is 0 Å². The standard InChI is InChI=1S/C15H16ClN3OS/c16-8-11-10-21-15(17-11)6-3-7-19-9-14(20)18-12-4-1-2-5-13(12)19/h1-2,4-5,10H,3,6-9H2,(H,18,20). The zero-order valence-electron chi connectivity index (χ0n) is 11.5. The second kappa shape index (κ2) is 6.45. The van der Waals surface area contributed by atoms with Crippen LogP contribution in [0.4, 0.5) is 11.4 Å². The summed E-state index contributed by atoms with van der Waals surface area (Å²) in [6, 6.07) is 7.92. The Morgan fingerprint density at radius 3 is 3.05 bits per heavy atom. The van der Waals surface area contributed by atoms with Crippen molar-refractivity contribution in [2.24, 2.45) is 0 Å². The number of fused-ring (bicyclic) bond motifs is 1. The van der Waals surface area contributed by atoms with Crippen LogP contribution in [0.3, 0.4) is 0 Å². The number of nitrogens with one attached hydrogen (secondary N) is 1. The molecule has 3 rings (SSSR count). The quantitative estimate of drug-likeness (QED) is 0.860. The molecular formula is C15H16ClN3OS. The maximum absolute atomic E-state index is 11.7. The van der Waals surface area contributed by atoms with Gasteiger partial charge in [0.05, 0.1) is 34.5 Å². The van der Waals surface area contributed by atoms with Crippen LogP contribution in [0.2, 0.25) is 0 Å². The first-order chi connectivity index (χ1) is 10.3. The minimum Gasteiger partial charge on any atom is -0.361 e. The molecule has 1 aliphatic rings. The Morgan fingerprint density at radius 1 is 1.38 bits per heavy atom. The van der Waals surface area contributed by atoms with Crippen LogP contribution in [-0.2, 0) is 17.1 Å². The molecule has 0 atom stereocenters. The number of hydrogen-bond donors (Lipinski definition) is 1. The molecule has 6 heteroatoms. The maximum atomic E-state index is 11.7. The lowest BCUT2D eigenvalue weighted by molar-refractivity contribution is -0.115. The lowest BCUT2D eigenvalue weighted by Crippen LogP contribution is -2.38. The molecule has 1 aromatic carbocycles. The number of rotatable bonds is 5. The number of amides is 1. The van der Waals surface area contributed by atoms with Gasteiger partial charge in [-0.3, -0.25) is 4.79 Å². The average Bonchev–Trinajstić information content (AvgIpc) is 2.95. The molecule has 1 aromatic heterocycles. The monoisotopic (exact) mass is 321 g/mol. The Labute approximate surface area is 132 Å². The molecule has 0 bridgehead atoms. The van der Waals surface area contributed by atoms with Crippen molar-refractivity contribution in [3.63, 3.8) is 0 Å². The van der Waals surface area contributed by atoms with E-state index in [1.54, 1.807) is 11.3 Å². The fraction of sp³-hybridized carbons (Fsp3) is 0.333. The molecule has 1 N–H and O–H groups in total. The number of halogens is 1. The predicted octanol–water partition coefficient (Wildman–Crippen LogP) is 3.27. The number of carbonyl (C=O) groups excluding carboxylic acids is 1. The van der Waals surface area contributed by atoms with Gasteiger partial charge in [-0.2, -0.15) is 0 Å². The van der Waals surface area contributed by atoms with E-state index in [-0.39, 0.29) is 5.91 Å². The molecule has 0 radical (unpaired) electrons. The van der Waals surface area contributed by atoms with Gasteiger partial charge >= 0.3 is 0 Å². The summed E-state index contributed by atoms with van der Waals surface area (Å²) in [6.07, 6.45) is 1.89. The number of nitrogens with zero attached hydrogens (tertiary/aromatic N) is 2. The molecule has 0 unspecified atom stereocenters. The van der Waals surface area contributed by atoms with Crippen LogP contribution in [0, 0.1) is 0 Å². The Hall–Kier alpha value is -1.59. The summed E-state index contributed by atoms with van der Waals surface area (Å²) in [5, 5.41) is 6.02. The molecule has 0 saturated carbocycles. The molecule has 2 aromatic rings. The molecule has 0 fully saturated rings. The van der Waals surface area contributed by atoms with Crippen molar-refractivity contribution in [2.45, 2.75) is 18.7 Å². The first-order valence-corrected chi connectivity index (χ1v) is 8.31. The van der Waals surface area contributed by atoms with Crippen LogP contribution in [0.15, 0.2) is 29.6 Å². The highest BCUT2D eigenvalue weighted by atomic mass is 35.5. The molecule has 0 spiro atoms. The van der Waals surface area contributed by atoms with Gasteiger partial charge in [-0.05, 0) is 18.6 Å². The van der Waals surface area contributed by atoms with Gasteiger partial charge in [0.15, 0.2) is 0 Å². The van der Waals surface area contributed by atoms with Crippen molar-refractivity contribution >= 4 is 40.2 Å². The SMILES string of the molecule is O=C1CN(CCCc2nc(CCl)cs2)c2ccccc2N1. The third kappa shape index (κ3) is 3.36. The van der Waals surface area contributed by atoms with Crippen molar-refractivity contribution in [3.8, 4) is 0 Å². The lowest BCUT2D eigenvalue weighted by Gasteiger charge is -2.30. The first-order valence-electron chi connectivity index (χ1n) is 6.89. The highest BCUT2D eigenvalue weighted by molar-refractivity contribution is 7.09. The highest BCUT2D eigenvalue weighted by Gasteiger charge is 2.20. The van der Waals surface area contributed by atoms with Crippen LogP contribution >= 0.6 is 22.9 Å². The van der Waals surface area contributed by atoms with Gasteiger partial charge in [0.25, 0.3) is 0 Å². The third-order valence-corrected chi connectivity index (χ3v) is 4.64. The van der Waals surface area contributed by atoms with Crippen molar-refractivity contribution < 1.29 is 4.79 Å². The van der Waals surface area contributed by atoms with Gasteiger partial charge in [0.1, 0.15) is 0 Å². The Kier molecular flexibility index (Phi) is 4.41. The summed E-state index contributed by atoms with van der Waals surface area (Å²) in [5.41, 5.74) is 2.93. The van der Waals surface area contributed by atoms with Crippen molar-refractivity contribution in [3.05, 3.63) is 40.3 Å². The number of carbonyl (C=O) groups is 1. The molecule has 0 aliphatic carbocycles. The fourth-order valence-corrected chi connectivity index (χ4v) is 3.52. The van der Waals surface area contributed by atoms with E-state index in [0.717, 1.165) is 41.5 Å². The summed E-state index contributed by atoms with van der Waals surface area (Å²) in [7, 11) is 0. The Morgan fingerprint density at radius 2 is 2.24 bits per heavy atom. The van der Waals surface area contributed by atoms with Gasteiger partial charge in [-0.15, -0.1) is 22.9 Å². The minimum absolute atomic E-state index is 0.0485.